The second-order valence-electron chi connectivity index (χ2n) is 4.94. The molecule has 0 heterocycles. The average molecular weight is 248 g/mol. The van der Waals surface area contributed by atoms with E-state index in [1.807, 2.05) is 30.3 Å². The van der Waals surface area contributed by atoms with Gasteiger partial charge in [0.15, 0.2) is 0 Å². The third kappa shape index (κ3) is 3.23. The molecule has 0 bridgehead atoms. The Morgan fingerprint density at radius 1 is 1.17 bits per heavy atom. The summed E-state index contributed by atoms with van der Waals surface area (Å²) in [6, 6.07) is 9.09. The van der Waals surface area contributed by atoms with E-state index in [1.54, 1.807) is 0 Å². The first-order valence-electron chi connectivity index (χ1n) is 6.49. The van der Waals surface area contributed by atoms with Crippen molar-refractivity contribution >= 4 is 11.7 Å². The van der Waals surface area contributed by atoms with E-state index in [2.05, 4.69) is 10.6 Å². The van der Waals surface area contributed by atoms with E-state index in [-0.39, 0.29) is 12.6 Å². The number of amides is 2. The van der Waals surface area contributed by atoms with Crippen LogP contribution in [0.15, 0.2) is 30.3 Å². The third-order valence-corrected chi connectivity index (χ3v) is 3.52. The normalized spacial score (nSPS) is 18.1. The highest BCUT2D eigenvalue weighted by Gasteiger charge is 2.32. The minimum Gasteiger partial charge on any atom is -0.394 e. The van der Waals surface area contributed by atoms with Crippen LogP contribution in [0.1, 0.15) is 32.1 Å². The van der Waals surface area contributed by atoms with Crippen LogP contribution in [0.25, 0.3) is 0 Å². The molecule has 0 aromatic heterocycles. The smallest absolute Gasteiger partial charge is 0.319 e. The number of rotatable bonds is 3. The summed E-state index contributed by atoms with van der Waals surface area (Å²) >= 11 is 0. The third-order valence-electron chi connectivity index (χ3n) is 3.52. The molecule has 1 aliphatic carbocycles. The van der Waals surface area contributed by atoms with Crippen molar-refractivity contribution in [3.63, 3.8) is 0 Å². The predicted octanol–water partition coefficient (Wildman–Crippen LogP) is 2.50. The molecule has 0 unspecified atom stereocenters. The number of urea groups is 1. The summed E-state index contributed by atoms with van der Waals surface area (Å²) in [5, 5.41) is 15.2. The Morgan fingerprint density at radius 3 is 2.44 bits per heavy atom. The number of aliphatic hydroxyl groups excluding tert-OH is 1. The molecule has 1 aliphatic rings. The molecule has 18 heavy (non-hydrogen) atoms. The number of benzene rings is 1. The summed E-state index contributed by atoms with van der Waals surface area (Å²) in [4.78, 5) is 11.9. The van der Waals surface area contributed by atoms with Crippen LogP contribution < -0.4 is 10.6 Å². The van der Waals surface area contributed by atoms with Crippen LogP contribution >= 0.6 is 0 Å². The van der Waals surface area contributed by atoms with Crippen LogP contribution in [0.2, 0.25) is 0 Å². The molecule has 0 aliphatic heterocycles. The second kappa shape index (κ2) is 5.87. The van der Waals surface area contributed by atoms with Gasteiger partial charge in [-0.05, 0) is 25.0 Å². The molecule has 4 heteroatoms. The standard InChI is InChI=1S/C14H20N2O2/c17-11-14(9-5-2-6-10-14)16-13(18)15-12-7-3-1-4-8-12/h1,3-4,7-8,17H,2,5-6,9-11H2,(H2,15,16,18). The van der Waals surface area contributed by atoms with Gasteiger partial charge in [-0.15, -0.1) is 0 Å². The first-order chi connectivity index (χ1) is 8.74. The minimum atomic E-state index is -0.433. The quantitative estimate of drug-likeness (QED) is 0.769. The number of nitrogens with one attached hydrogen (secondary N) is 2. The average Bonchev–Trinajstić information content (AvgIpc) is 2.41. The van der Waals surface area contributed by atoms with Gasteiger partial charge in [-0.25, -0.2) is 4.79 Å². The lowest BCUT2D eigenvalue weighted by Crippen LogP contribution is -2.53. The molecule has 1 aromatic rings. The number of hydrogen-bond acceptors (Lipinski definition) is 2. The van der Waals surface area contributed by atoms with E-state index < -0.39 is 5.54 Å². The van der Waals surface area contributed by atoms with E-state index in [0.717, 1.165) is 31.4 Å². The molecule has 3 N–H and O–H groups in total. The van der Waals surface area contributed by atoms with Crippen molar-refractivity contribution in [1.29, 1.82) is 0 Å². The number of aliphatic hydroxyl groups is 1. The molecular formula is C14H20N2O2. The summed E-state index contributed by atoms with van der Waals surface area (Å²) < 4.78 is 0. The van der Waals surface area contributed by atoms with Crippen LogP contribution in [0.4, 0.5) is 10.5 Å². The molecule has 0 atom stereocenters. The van der Waals surface area contributed by atoms with Crippen LogP contribution in [0.3, 0.4) is 0 Å². The Bertz CT molecular complexity index is 386. The summed E-state index contributed by atoms with van der Waals surface area (Å²) in [7, 11) is 0. The van der Waals surface area contributed by atoms with Crippen LogP contribution in [0.5, 0.6) is 0 Å². The van der Waals surface area contributed by atoms with Gasteiger partial charge in [0, 0.05) is 5.69 Å². The molecule has 0 radical (unpaired) electrons. The molecular weight excluding hydrogens is 228 g/mol. The zero-order valence-corrected chi connectivity index (χ0v) is 10.5. The number of anilines is 1. The topological polar surface area (TPSA) is 61.4 Å². The van der Waals surface area contributed by atoms with Crippen LogP contribution in [-0.2, 0) is 0 Å². The van der Waals surface area contributed by atoms with Gasteiger partial charge < -0.3 is 15.7 Å². The highest BCUT2D eigenvalue weighted by Crippen LogP contribution is 2.27. The molecule has 1 saturated carbocycles. The molecule has 0 spiro atoms. The Hall–Kier alpha value is -1.55. The fourth-order valence-corrected chi connectivity index (χ4v) is 2.48. The molecule has 2 rings (SSSR count). The van der Waals surface area contributed by atoms with Gasteiger partial charge in [-0.2, -0.15) is 0 Å². The van der Waals surface area contributed by atoms with E-state index in [0.29, 0.717) is 0 Å². The zero-order valence-electron chi connectivity index (χ0n) is 10.5. The fraction of sp³-hybridized carbons (Fsp3) is 0.500. The lowest BCUT2D eigenvalue weighted by Gasteiger charge is -2.36. The molecule has 2 amide bonds. The SMILES string of the molecule is O=C(Nc1ccccc1)NC1(CO)CCCCC1. The molecule has 0 saturated heterocycles. The van der Waals surface area contributed by atoms with Gasteiger partial charge in [0.25, 0.3) is 0 Å². The Morgan fingerprint density at radius 2 is 1.83 bits per heavy atom. The van der Waals surface area contributed by atoms with Crippen molar-refractivity contribution in [2.24, 2.45) is 0 Å². The van der Waals surface area contributed by atoms with Crippen molar-refractivity contribution in [3.05, 3.63) is 30.3 Å². The highest BCUT2D eigenvalue weighted by atomic mass is 16.3. The Kier molecular flexibility index (Phi) is 4.20. The summed E-state index contributed by atoms with van der Waals surface area (Å²) in [5.41, 5.74) is 0.329. The summed E-state index contributed by atoms with van der Waals surface area (Å²) in [6.45, 7) is 0.00914. The van der Waals surface area contributed by atoms with E-state index >= 15 is 0 Å². The lowest BCUT2D eigenvalue weighted by atomic mass is 9.82. The molecule has 1 fully saturated rings. The van der Waals surface area contributed by atoms with Gasteiger partial charge >= 0.3 is 6.03 Å². The maximum atomic E-state index is 11.9. The predicted molar refractivity (Wildman–Crippen MR) is 71.5 cm³/mol. The Balaban J connectivity index is 1.93. The largest absolute Gasteiger partial charge is 0.394 e. The first kappa shape index (κ1) is 12.9. The maximum absolute atomic E-state index is 11.9. The number of carbonyl (C=O) groups excluding carboxylic acids is 1. The van der Waals surface area contributed by atoms with E-state index in [1.165, 1.54) is 6.42 Å². The maximum Gasteiger partial charge on any atom is 0.319 e. The highest BCUT2D eigenvalue weighted by molar-refractivity contribution is 5.89. The van der Waals surface area contributed by atoms with Gasteiger partial charge in [-0.3, -0.25) is 0 Å². The van der Waals surface area contributed by atoms with Crippen molar-refractivity contribution in [1.82, 2.24) is 5.32 Å². The summed E-state index contributed by atoms with van der Waals surface area (Å²) in [6.07, 6.45) is 5.01. The molecule has 4 nitrogen and oxygen atoms in total. The van der Waals surface area contributed by atoms with Gasteiger partial charge in [0.1, 0.15) is 0 Å². The number of carbonyl (C=O) groups is 1. The van der Waals surface area contributed by atoms with E-state index in [4.69, 9.17) is 0 Å². The number of hydrogen-bond donors (Lipinski definition) is 3. The van der Waals surface area contributed by atoms with Crippen molar-refractivity contribution in [2.75, 3.05) is 11.9 Å². The van der Waals surface area contributed by atoms with Crippen molar-refractivity contribution < 1.29 is 9.90 Å². The second-order valence-corrected chi connectivity index (χ2v) is 4.94. The van der Waals surface area contributed by atoms with Crippen molar-refractivity contribution in [3.8, 4) is 0 Å². The van der Waals surface area contributed by atoms with Crippen LogP contribution in [-0.4, -0.2) is 23.3 Å². The van der Waals surface area contributed by atoms with Crippen molar-refractivity contribution in [2.45, 2.75) is 37.6 Å². The van der Waals surface area contributed by atoms with Gasteiger partial charge in [0.05, 0.1) is 12.1 Å². The minimum absolute atomic E-state index is 0.00914. The monoisotopic (exact) mass is 248 g/mol. The zero-order chi connectivity index (χ0) is 12.8. The lowest BCUT2D eigenvalue weighted by molar-refractivity contribution is 0.128. The fourth-order valence-electron chi connectivity index (χ4n) is 2.48. The van der Waals surface area contributed by atoms with Crippen LogP contribution in [0, 0.1) is 0 Å². The summed E-state index contributed by atoms with van der Waals surface area (Å²) in [5.74, 6) is 0. The first-order valence-corrected chi connectivity index (χ1v) is 6.49. The number of para-hydroxylation sites is 1. The molecule has 1 aromatic carbocycles. The molecule has 98 valence electrons. The van der Waals surface area contributed by atoms with Gasteiger partial charge in [0.2, 0.25) is 0 Å². The van der Waals surface area contributed by atoms with Gasteiger partial charge in [-0.1, -0.05) is 37.5 Å². The Labute approximate surface area is 107 Å². The van der Waals surface area contributed by atoms with E-state index in [9.17, 15) is 9.90 Å².